The summed E-state index contributed by atoms with van der Waals surface area (Å²) in [5, 5.41) is 8.16. The van der Waals surface area contributed by atoms with E-state index >= 15 is 0 Å². The van der Waals surface area contributed by atoms with Crippen LogP contribution < -0.4 is 15.8 Å². The van der Waals surface area contributed by atoms with E-state index in [0.717, 1.165) is 67.6 Å². The van der Waals surface area contributed by atoms with Gasteiger partial charge < -0.3 is 9.73 Å². The number of para-hydroxylation sites is 2. The second kappa shape index (κ2) is 12.4. The van der Waals surface area contributed by atoms with Gasteiger partial charge >= 0.3 is 0 Å². The molecule has 7 heteroatoms. The summed E-state index contributed by atoms with van der Waals surface area (Å²) >= 11 is 0. The first-order valence-electron chi connectivity index (χ1n) is 19.3. The number of fused-ring (bicyclic) bond motifs is 9. The van der Waals surface area contributed by atoms with Crippen molar-refractivity contribution >= 4 is 50.3 Å². The van der Waals surface area contributed by atoms with Crippen LogP contribution in [-0.2, 0) is 0 Å². The molecule has 1 atom stereocenters. The second-order valence-electron chi connectivity index (χ2n) is 14.6. The lowest BCUT2D eigenvalue weighted by Crippen LogP contribution is -2.36. The van der Waals surface area contributed by atoms with E-state index < -0.39 is 0 Å². The van der Waals surface area contributed by atoms with Crippen molar-refractivity contribution in [2.24, 2.45) is 0 Å². The van der Waals surface area contributed by atoms with Gasteiger partial charge in [0.1, 0.15) is 17.0 Å². The van der Waals surface area contributed by atoms with Crippen LogP contribution in [-0.4, -0.2) is 30.5 Å². The molecule has 2 aliphatic rings. The van der Waals surface area contributed by atoms with Gasteiger partial charge in [0.05, 0.1) is 33.7 Å². The van der Waals surface area contributed by atoms with Gasteiger partial charge in [-0.25, -0.2) is 19.9 Å². The number of benzene rings is 7. The third-order valence-corrected chi connectivity index (χ3v) is 11.3. The standard InChI is InChI=1S/C50H32N6O/c1-4-14-30(15-5-1)47-53-48(31-16-6-2-7-17-31)55-49(54-47)37-26-29-41(44-36-21-11-13-23-42(36)57-46(37)44)56-45-34-25-27-39-43(35-20-10-12-22-38(35)51-39)33(34)24-28-40(45)52-50(56)32-18-8-3-9-19-32/h1-26,28-29,39,51H,27H2. The molecule has 4 heterocycles. The fourth-order valence-corrected chi connectivity index (χ4v) is 8.79. The number of rotatable bonds is 5. The molecule has 0 amide bonds. The summed E-state index contributed by atoms with van der Waals surface area (Å²) in [5.41, 5.74) is 11.9. The highest BCUT2D eigenvalue weighted by Gasteiger charge is 2.30. The first kappa shape index (κ1) is 31.7. The van der Waals surface area contributed by atoms with Gasteiger partial charge in [-0.2, -0.15) is 0 Å². The summed E-state index contributed by atoms with van der Waals surface area (Å²) < 4.78 is 9.23. The molecule has 57 heavy (non-hydrogen) atoms. The van der Waals surface area contributed by atoms with Crippen LogP contribution in [0.1, 0.15) is 12.0 Å². The molecule has 12 rings (SSSR count). The van der Waals surface area contributed by atoms with Crippen molar-refractivity contribution < 1.29 is 4.42 Å². The van der Waals surface area contributed by atoms with Gasteiger partial charge in [0.15, 0.2) is 17.5 Å². The molecule has 3 aromatic heterocycles. The van der Waals surface area contributed by atoms with E-state index in [-0.39, 0.29) is 6.04 Å². The number of anilines is 1. The zero-order chi connectivity index (χ0) is 37.5. The summed E-state index contributed by atoms with van der Waals surface area (Å²) in [4.78, 5) is 20.6. The van der Waals surface area contributed by atoms with E-state index in [0.29, 0.717) is 23.1 Å². The Morgan fingerprint density at radius 2 is 1.21 bits per heavy atom. The zero-order valence-electron chi connectivity index (χ0n) is 30.6. The number of imidazole rings is 1. The predicted molar refractivity (Wildman–Crippen MR) is 228 cm³/mol. The smallest absolute Gasteiger partial charge is 0.167 e. The first-order valence-corrected chi connectivity index (χ1v) is 19.3. The van der Waals surface area contributed by atoms with E-state index in [2.05, 4.69) is 101 Å². The van der Waals surface area contributed by atoms with Crippen LogP contribution in [0.2, 0.25) is 0 Å². The van der Waals surface area contributed by atoms with Gasteiger partial charge in [-0.3, -0.25) is 4.57 Å². The number of hydrogen-bond donors (Lipinski definition) is 1. The molecule has 0 fully saturated rings. The minimum Gasteiger partial charge on any atom is -0.455 e. The minimum absolute atomic E-state index is 0.225. The quantitative estimate of drug-likeness (QED) is 0.190. The molecule has 0 spiro atoms. The first-order chi connectivity index (χ1) is 28.3. The Bertz CT molecular complexity index is 3300. The number of hydrogen-bond acceptors (Lipinski definition) is 6. The lowest BCUT2D eigenvalue weighted by atomic mass is 9.92. The molecule has 0 bridgehead atoms. The SMILES string of the molecule is C1=c2c(ccc3nc(-c4ccccc4)n(-c4ccc(-c5nc(-c6ccccc6)nc(-c6ccccc6)n5)c5oc6ccccc6c45)c23)=C2c3ccccc3NC2C1. The molecule has 1 unspecified atom stereocenters. The minimum atomic E-state index is 0.225. The van der Waals surface area contributed by atoms with Crippen molar-refractivity contribution in [3.8, 4) is 51.2 Å². The number of nitrogens with zero attached hydrogens (tertiary/aromatic N) is 5. The average molecular weight is 733 g/mol. The zero-order valence-corrected chi connectivity index (χ0v) is 30.6. The Labute approximate surface area is 327 Å². The number of furan rings is 1. The van der Waals surface area contributed by atoms with Gasteiger partial charge in [-0.15, -0.1) is 0 Å². The fourth-order valence-electron chi connectivity index (χ4n) is 8.79. The normalized spacial score (nSPS) is 14.3. The van der Waals surface area contributed by atoms with E-state index in [1.165, 1.54) is 27.3 Å². The second-order valence-corrected chi connectivity index (χ2v) is 14.6. The molecule has 268 valence electrons. The van der Waals surface area contributed by atoms with Crippen molar-refractivity contribution in [2.75, 3.05) is 5.32 Å². The van der Waals surface area contributed by atoms with Gasteiger partial charge in [0, 0.05) is 38.5 Å². The van der Waals surface area contributed by atoms with E-state index in [4.69, 9.17) is 24.4 Å². The monoisotopic (exact) mass is 732 g/mol. The molecule has 0 radical (unpaired) electrons. The van der Waals surface area contributed by atoms with Gasteiger partial charge in [0.2, 0.25) is 0 Å². The Hall–Kier alpha value is -7.64. The van der Waals surface area contributed by atoms with Crippen molar-refractivity contribution in [1.29, 1.82) is 0 Å². The summed E-state index contributed by atoms with van der Waals surface area (Å²) in [5.74, 6) is 2.60. The topological polar surface area (TPSA) is 81.7 Å². The molecule has 0 saturated heterocycles. The van der Waals surface area contributed by atoms with E-state index in [1.54, 1.807) is 0 Å². The maximum absolute atomic E-state index is 6.88. The summed E-state index contributed by atoms with van der Waals surface area (Å²) in [6.45, 7) is 0. The summed E-state index contributed by atoms with van der Waals surface area (Å²) in [6, 6.07) is 56.4. The molecular weight excluding hydrogens is 701 g/mol. The Morgan fingerprint density at radius 3 is 1.96 bits per heavy atom. The Morgan fingerprint density at radius 1 is 0.561 bits per heavy atom. The van der Waals surface area contributed by atoms with Crippen LogP contribution in [0.4, 0.5) is 5.69 Å². The van der Waals surface area contributed by atoms with Crippen LogP contribution in [0, 0.1) is 0 Å². The van der Waals surface area contributed by atoms with Crippen molar-refractivity contribution in [1.82, 2.24) is 24.5 Å². The summed E-state index contributed by atoms with van der Waals surface area (Å²) in [7, 11) is 0. The van der Waals surface area contributed by atoms with Crippen molar-refractivity contribution in [3.63, 3.8) is 0 Å². The maximum atomic E-state index is 6.88. The molecule has 10 aromatic rings. The van der Waals surface area contributed by atoms with Gasteiger partial charge in [-0.1, -0.05) is 140 Å². The summed E-state index contributed by atoms with van der Waals surface area (Å²) in [6.07, 6.45) is 3.26. The molecule has 0 saturated carbocycles. The average Bonchev–Trinajstić information content (AvgIpc) is 3.99. The molecule has 7 aromatic carbocycles. The molecule has 1 aliphatic carbocycles. The van der Waals surface area contributed by atoms with Gasteiger partial charge in [-0.05, 0) is 47.5 Å². The highest BCUT2D eigenvalue weighted by Crippen LogP contribution is 2.42. The Balaban J connectivity index is 1.18. The number of nitrogens with one attached hydrogen (secondary N) is 1. The highest BCUT2D eigenvalue weighted by molar-refractivity contribution is 6.14. The Kier molecular flexibility index (Phi) is 6.92. The fraction of sp³-hybridized carbons (Fsp3) is 0.0400. The molecule has 7 nitrogen and oxygen atoms in total. The van der Waals surface area contributed by atoms with Gasteiger partial charge in [0.25, 0.3) is 0 Å². The van der Waals surface area contributed by atoms with Crippen molar-refractivity contribution in [3.05, 3.63) is 180 Å². The largest absolute Gasteiger partial charge is 0.455 e. The van der Waals surface area contributed by atoms with Crippen LogP contribution in [0.15, 0.2) is 168 Å². The molecule has 1 N–H and O–H groups in total. The van der Waals surface area contributed by atoms with Crippen LogP contribution in [0.25, 0.3) is 95.9 Å². The predicted octanol–water partition coefficient (Wildman–Crippen LogP) is 9.96. The van der Waals surface area contributed by atoms with Crippen LogP contribution in [0.3, 0.4) is 0 Å². The lowest BCUT2D eigenvalue weighted by molar-refractivity contribution is 0.669. The van der Waals surface area contributed by atoms with Crippen molar-refractivity contribution in [2.45, 2.75) is 12.5 Å². The van der Waals surface area contributed by atoms with E-state index in [1.807, 2.05) is 78.9 Å². The van der Waals surface area contributed by atoms with Crippen LogP contribution >= 0.6 is 0 Å². The third kappa shape index (κ3) is 4.92. The van der Waals surface area contributed by atoms with Crippen LogP contribution in [0.5, 0.6) is 0 Å². The molecule has 1 aliphatic heterocycles. The highest BCUT2D eigenvalue weighted by atomic mass is 16.3. The molecular formula is C50H32N6O. The van der Waals surface area contributed by atoms with E-state index in [9.17, 15) is 0 Å². The lowest BCUT2D eigenvalue weighted by Gasteiger charge is -2.18. The number of aromatic nitrogens is 5. The third-order valence-electron chi connectivity index (χ3n) is 11.3. The maximum Gasteiger partial charge on any atom is 0.167 e.